The van der Waals surface area contributed by atoms with E-state index >= 15 is 0 Å². The standard InChI is InChI=1S/C18H23N5O3/c1-2-26-15-6-4-3-5-13(15)17(24)22-14-11-20-23-16(14)18(25)21-12-7-9-19-10-8-12/h3-6,11-12,19H,2,7-10H2,1H3,(H,20,23)(H,21,25)(H,22,24). The molecule has 4 N–H and O–H groups in total. The quantitative estimate of drug-likeness (QED) is 0.627. The van der Waals surface area contributed by atoms with Gasteiger partial charge >= 0.3 is 0 Å². The largest absolute Gasteiger partial charge is 0.493 e. The van der Waals surface area contributed by atoms with Crippen LogP contribution < -0.4 is 20.7 Å². The maximum absolute atomic E-state index is 12.6. The highest BCUT2D eigenvalue weighted by atomic mass is 16.5. The van der Waals surface area contributed by atoms with Gasteiger partial charge in [0.15, 0.2) is 0 Å². The van der Waals surface area contributed by atoms with Crippen molar-refractivity contribution in [3.63, 3.8) is 0 Å². The molecule has 0 atom stereocenters. The highest BCUT2D eigenvalue weighted by molar-refractivity contribution is 6.09. The molecule has 3 rings (SSSR count). The summed E-state index contributed by atoms with van der Waals surface area (Å²) in [5.74, 6) is -0.133. The first-order chi connectivity index (χ1) is 12.7. The normalized spacial score (nSPS) is 14.7. The van der Waals surface area contributed by atoms with Gasteiger partial charge in [0.25, 0.3) is 11.8 Å². The first kappa shape index (κ1) is 17.9. The summed E-state index contributed by atoms with van der Waals surface area (Å²) >= 11 is 0. The second-order valence-electron chi connectivity index (χ2n) is 6.04. The third-order valence-electron chi connectivity index (χ3n) is 4.22. The third kappa shape index (κ3) is 4.20. The number of carbonyl (C=O) groups excluding carboxylic acids is 2. The number of piperidine rings is 1. The number of H-pyrrole nitrogens is 1. The maximum atomic E-state index is 12.6. The van der Waals surface area contributed by atoms with Crippen molar-refractivity contribution in [2.45, 2.75) is 25.8 Å². The summed E-state index contributed by atoms with van der Waals surface area (Å²) in [5, 5.41) is 15.5. The topological polar surface area (TPSA) is 108 Å². The number of anilines is 1. The van der Waals surface area contributed by atoms with E-state index < -0.39 is 0 Å². The van der Waals surface area contributed by atoms with Crippen LogP contribution in [0.25, 0.3) is 0 Å². The van der Waals surface area contributed by atoms with E-state index in [0.29, 0.717) is 23.6 Å². The number of nitrogens with one attached hydrogen (secondary N) is 4. The van der Waals surface area contributed by atoms with Gasteiger partial charge in [-0.05, 0) is 45.0 Å². The molecule has 1 aromatic carbocycles. The summed E-state index contributed by atoms with van der Waals surface area (Å²) in [7, 11) is 0. The van der Waals surface area contributed by atoms with Gasteiger partial charge in [-0.25, -0.2) is 0 Å². The Kier molecular flexibility index (Phi) is 5.85. The molecule has 0 radical (unpaired) electrons. The van der Waals surface area contributed by atoms with Crippen molar-refractivity contribution >= 4 is 17.5 Å². The SMILES string of the molecule is CCOc1ccccc1C(=O)Nc1cn[nH]c1C(=O)NC1CCNCC1. The molecule has 2 aromatic rings. The van der Waals surface area contributed by atoms with Crippen molar-refractivity contribution in [1.29, 1.82) is 0 Å². The molecule has 8 nitrogen and oxygen atoms in total. The van der Waals surface area contributed by atoms with Crippen LogP contribution in [0, 0.1) is 0 Å². The van der Waals surface area contributed by atoms with Crippen LogP contribution in [0.3, 0.4) is 0 Å². The van der Waals surface area contributed by atoms with Crippen LogP contribution >= 0.6 is 0 Å². The first-order valence-electron chi connectivity index (χ1n) is 8.77. The minimum atomic E-state index is -0.355. The molecule has 0 aliphatic carbocycles. The molecule has 8 heteroatoms. The third-order valence-corrected chi connectivity index (χ3v) is 4.22. The molecule has 0 bridgehead atoms. The van der Waals surface area contributed by atoms with Crippen molar-refractivity contribution in [3.8, 4) is 5.75 Å². The Morgan fingerprint density at radius 2 is 2.00 bits per heavy atom. The van der Waals surface area contributed by atoms with E-state index in [1.54, 1.807) is 24.3 Å². The molecule has 138 valence electrons. The second kappa shape index (κ2) is 8.48. The summed E-state index contributed by atoms with van der Waals surface area (Å²) < 4.78 is 5.49. The summed E-state index contributed by atoms with van der Waals surface area (Å²) in [6.45, 7) is 4.07. The number of para-hydroxylation sites is 1. The van der Waals surface area contributed by atoms with Crippen molar-refractivity contribution < 1.29 is 14.3 Å². The van der Waals surface area contributed by atoms with Crippen molar-refractivity contribution in [3.05, 3.63) is 41.7 Å². The lowest BCUT2D eigenvalue weighted by Crippen LogP contribution is -2.43. The number of hydrogen-bond acceptors (Lipinski definition) is 5. The van der Waals surface area contributed by atoms with E-state index in [-0.39, 0.29) is 23.6 Å². The number of nitrogens with zero attached hydrogens (tertiary/aromatic N) is 1. The van der Waals surface area contributed by atoms with E-state index in [0.717, 1.165) is 25.9 Å². The van der Waals surface area contributed by atoms with Gasteiger partial charge in [0.1, 0.15) is 11.4 Å². The smallest absolute Gasteiger partial charge is 0.271 e. The Balaban J connectivity index is 1.70. The van der Waals surface area contributed by atoms with Crippen LogP contribution in [0.2, 0.25) is 0 Å². The van der Waals surface area contributed by atoms with Gasteiger partial charge in [0.05, 0.1) is 24.1 Å². The molecule has 1 saturated heterocycles. The average Bonchev–Trinajstić information content (AvgIpc) is 3.11. The summed E-state index contributed by atoms with van der Waals surface area (Å²) in [6.07, 6.45) is 3.19. The Morgan fingerprint density at radius 1 is 1.23 bits per heavy atom. The van der Waals surface area contributed by atoms with Gasteiger partial charge in [-0.2, -0.15) is 5.10 Å². The Morgan fingerprint density at radius 3 is 2.77 bits per heavy atom. The molecular weight excluding hydrogens is 334 g/mol. The highest BCUT2D eigenvalue weighted by Gasteiger charge is 2.21. The molecule has 2 amide bonds. The van der Waals surface area contributed by atoms with Crippen LogP contribution in [0.4, 0.5) is 5.69 Å². The number of ether oxygens (including phenoxy) is 1. The minimum absolute atomic E-state index is 0.120. The molecule has 0 saturated carbocycles. The van der Waals surface area contributed by atoms with E-state index in [1.807, 2.05) is 6.92 Å². The Hall–Kier alpha value is -2.87. The number of carbonyl (C=O) groups is 2. The summed E-state index contributed by atoms with van der Waals surface area (Å²) in [6, 6.07) is 7.09. The van der Waals surface area contributed by atoms with Crippen LogP contribution in [0.5, 0.6) is 5.75 Å². The number of aromatic amines is 1. The van der Waals surface area contributed by atoms with E-state index in [4.69, 9.17) is 4.74 Å². The predicted molar refractivity (Wildman–Crippen MR) is 97.5 cm³/mol. The van der Waals surface area contributed by atoms with E-state index in [2.05, 4.69) is 26.1 Å². The van der Waals surface area contributed by atoms with Gasteiger partial charge in [0.2, 0.25) is 0 Å². The number of hydrogen-bond donors (Lipinski definition) is 4. The van der Waals surface area contributed by atoms with Gasteiger partial charge in [0, 0.05) is 6.04 Å². The molecule has 1 fully saturated rings. The number of rotatable bonds is 6. The fourth-order valence-corrected chi connectivity index (χ4v) is 2.90. The highest BCUT2D eigenvalue weighted by Crippen LogP contribution is 2.21. The zero-order valence-electron chi connectivity index (χ0n) is 14.7. The zero-order valence-corrected chi connectivity index (χ0v) is 14.7. The fraction of sp³-hybridized carbons (Fsp3) is 0.389. The summed E-state index contributed by atoms with van der Waals surface area (Å²) in [5.41, 5.74) is 0.985. The maximum Gasteiger partial charge on any atom is 0.271 e. The lowest BCUT2D eigenvalue weighted by atomic mass is 10.1. The van der Waals surface area contributed by atoms with Crippen LogP contribution in [-0.2, 0) is 0 Å². The first-order valence-corrected chi connectivity index (χ1v) is 8.77. The van der Waals surface area contributed by atoms with Gasteiger partial charge in [-0.3, -0.25) is 14.7 Å². The molecule has 0 unspecified atom stereocenters. The predicted octanol–water partition coefficient (Wildman–Crippen LogP) is 1.54. The molecule has 0 spiro atoms. The second-order valence-corrected chi connectivity index (χ2v) is 6.04. The van der Waals surface area contributed by atoms with Gasteiger partial charge < -0.3 is 20.7 Å². The van der Waals surface area contributed by atoms with Crippen molar-refractivity contribution in [1.82, 2.24) is 20.8 Å². The number of amides is 2. The fourth-order valence-electron chi connectivity index (χ4n) is 2.90. The zero-order chi connectivity index (χ0) is 18.4. The van der Waals surface area contributed by atoms with Crippen LogP contribution in [0.15, 0.2) is 30.5 Å². The molecule has 2 heterocycles. The number of benzene rings is 1. The monoisotopic (exact) mass is 357 g/mol. The Bertz CT molecular complexity index is 768. The minimum Gasteiger partial charge on any atom is -0.493 e. The molecule has 1 aliphatic rings. The van der Waals surface area contributed by atoms with E-state index in [9.17, 15) is 9.59 Å². The van der Waals surface area contributed by atoms with Gasteiger partial charge in [-0.1, -0.05) is 12.1 Å². The van der Waals surface area contributed by atoms with Crippen LogP contribution in [0.1, 0.15) is 40.6 Å². The van der Waals surface area contributed by atoms with E-state index in [1.165, 1.54) is 6.20 Å². The molecule has 1 aliphatic heterocycles. The average molecular weight is 357 g/mol. The molecule has 26 heavy (non-hydrogen) atoms. The molecular formula is C18H23N5O3. The number of aromatic nitrogens is 2. The van der Waals surface area contributed by atoms with Crippen molar-refractivity contribution in [2.24, 2.45) is 0 Å². The lowest BCUT2D eigenvalue weighted by Gasteiger charge is -2.23. The molecule has 1 aromatic heterocycles. The van der Waals surface area contributed by atoms with Crippen molar-refractivity contribution in [2.75, 3.05) is 25.0 Å². The summed E-state index contributed by atoms with van der Waals surface area (Å²) in [4.78, 5) is 25.1. The Labute approximate surface area is 151 Å². The van der Waals surface area contributed by atoms with Gasteiger partial charge in [-0.15, -0.1) is 0 Å². The lowest BCUT2D eigenvalue weighted by molar-refractivity contribution is 0.0925. The van der Waals surface area contributed by atoms with Crippen LogP contribution in [-0.4, -0.2) is 47.7 Å².